The first-order chi connectivity index (χ1) is 9.15. The molecule has 2 rings (SSSR count). The van der Waals surface area contributed by atoms with Crippen LogP contribution in [-0.4, -0.2) is 31.9 Å². The van der Waals surface area contributed by atoms with Gasteiger partial charge in [-0.25, -0.2) is 0 Å². The Kier molecular flexibility index (Phi) is 4.66. The second kappa shape index (κ2) is 6.26. The van der Waals surface area contributed by atoms with Crippen molar-refractivity contribution in [2.45, 2.75) is 31.9 Å². The van der Waals surface area contributed by atoms with Crippen LogP contribution < -0.4 is 14.8 Å². The highest BCUT2D eigenvalue weighted by molar-refractivity contribution is 5.43. The van der Waals surface area contributed by atoms with Gasteiger partial charge >= 0.3 is 0 Å². The quantitative estimate of drug-likeness (QED) is 0.875. The number of aliphatic hydroxyl groups excluding tert-OH is 1. The molecule has 1 aromatic rings. The van der Waals surface area contributed by atoms with Crippen LogP contribution in [0.4, 0.5) is 0 Å². The van der Waals surface area contributed by atoms with Crippen LogP contribution in [0.25, 0.3) is 0 Å². The van der Waals surface area contributed by atoms with Gasteiger partial charge in [0, 0.05) is 6.04 Å². The van der Waals surface area contributed by atoms with Crippen molar-refractivity contribution >= 4 is 0 Å². The van der Waals surface area contributed by atoms with Crippen LogP contribution in [0.1, 0.15) is 31.4 Å². The Morgan fingerprint density at radius 1 is 1.26 bits per heavy atom. The minimum absolute atomic E-state index is 0.113. The lowest BCUT2D eigenvalue weighted by molar-refractivity contribution is 0.101. The lowest BCUT2D eigenvalue weighted by atomic mass is 9.88. The number of methoxy groups -OCH3 is 2. The molecule has 0 saturated carbocycles. The van der Waals surface area contributed by atoms with Crippen LogP contribution in [0.15, 0.2) is 18.2 Å². The van der Waals surface area contributed by atoms with Crippen molar-refractivity contribution in [2.75, 3.05) is 20.8 Å². The standard InChI is InChI=1S/C15H23NO3/c1-10-6-7-16-12(8-10)15(17)11-4-5-13(18-2)14(9-11)19-3/h4-5,9-10,12,15-17H,6-8H2,1-3H3. The Hall–Kier alpha value is -1.26. The smallest absolute Gasteiger partial charge is 0.161 e. The first-order valence-corrected chi connectivity index (χ1v) is 6.79. The molecule has 0 aromatic heterocycles. The maximum Gasteiger partial charge on any atom is 0.161 e. The third kappa shape index (κ3) is 3.19. The summed E-state index contributed by atoms with van der Waals surface area (Å²) in [6, 6.07) is 5.70. The SMILES string of the molecule is COc1ccc(C(O)C2CC(C)CCN2)cc1OC. The summed E-state index contributed by atoms with van der Waals surface area (Å²) in [6.45, 7) is 3.20. The largest absolute Gasteiger partial charge is 0.493 e. The van der Waals surface area contributed by atoms with Gasteiger partial charge in [0.25, 0.3) is 0 Å². The Balaban J connectivity index is 2.16. The fourth-order valence-electron chi connectivity index (χ4n) is 2.66. The lowest BCUT2D eigenvalue weighted by Crippen LogP contribution is -2.41. The minimum Gasteiger partial charge on any atom is -0.493 e. The molecule has 106 valence electrons. The van der Waals surface area contributed by atoms with Crippen LogP contribution >= 0.6 is 0 Å². The van der Waals surface area contributed by atoms with E-state index in [-0.39, 0.29) is 6.04 Å². The van der Waals surface area contributed by atoms with Crippen molar-refractivity contribution in [1.82, 2.24) is 5.32 Å². The number of benzene rings is 1. The highest BCUT2D eigenvalue weighted by atomic mass is 16.5. The first kappa shape index (κ1) is 14.2. The van der Waals surface area contributed by atoms with E-state index in [4.69, 9.17) is 9.47 Å². The van der Waals surface area contributed by atoms with Crippen molar-refractivity contribution in [2.24, 2.45) is 5.92 Å². The second-order valence-electron chi connectivity index (χ2n) is 5.25. The van der Waals surface area contributed by atoms with Gasteiger partial charge < -0.3 is 19.9 Å². The van der Waals surface area contributed by atoms with Crippen molar-refractivity contribution in [1.29, 1.82) is 0 Å². The molecule has 4 nitrogen and oxygen atoms in total. The number of hydrogen-bond acceptors (Lipinski definition) is 4. The molecule has 0 radical (unpaired) electrons. The Bertz CT molecular complexity index is 422. The van der Waals surface area contributed by atoms with Gasteiger partial charge in [0.2, 0.25) is 0 Å². The Morgan fingerprint density at radius 2 is 2.00 bits per heavy atom. The number of rotatable bonds is 4. The first-order valence-electron chi connectivity index (χ1n) is 6.79. The normalized spacial score (nSPS) is 24.8. The molecule has 1 aromatic carbocycles. The van der Waals surface area contributed by atoms with Crippen LogP contribution in [0.5, 0.6) is 11.5 Å². The molecule has 1 aliphatic heterocycles. The highest BCUT2D eigenvalue weighted by Crippen LogP contribution is 2.32. The predicted molar refractivity (Wildman–Crippen MR) is 74.7 cm³/mol. The summed E-state index contributed by atoms with van der Waals surface area (Å²) in [7, 11) is 3.22. The van der Waals surface area contributed by atoms with Crippen molar-refractivity contribution < 1.29 is 14.6 Å². The molecule has 1 saturated heterocycles. The molecular weight excluding hydrogens is 242 g/mol. The number of ether oxygens (including phenoxy) is 2. The van der Waals surface area contributed by atoms with Gasteiger partial charge in [-0.2, -0.15) is 0 Å². The fourth-order valence-corrected chi connectivity index (χ4v) is 2.66. The predicted octanol–water partition coefficient (Wildman–Crippen LogP) is 2.13. The van der Waals surface area contributed by atoms with E-state index in [9.17, 15) is 5.11 Å². The van der Waals surface area contributed by atoms with E-state index in [0.717, 1.165) is 18.5 Å². The monoisotopic (exact) mass is 265 g/mol. The molecule has 0 amide bonds. The van der Waals surface area contributed by atoms with Gasteiger partial charge in [0.15, 0.2) is 11.5 Å². The summed E-state index contributed by atoms with van der Waals surface area (Å²) in [5.74, 6) is 1.99. The van der Waals surface area contributed by atoms with Crippen molar-refractivity contribution in [3.63, 3.8) is 0 Å². The summed E-state index contributed by atoms with van der Waals surface area (Å²) < 4.78 is 10.5. The van der Waals surface area contributed by atoms with E-state index < -0.39 is 6.10 Å². The van der Waals surface area contributed by atoms with Crippen LogP contribution in [0.3, 0.4) is 0 Å². The van der Waals surface area contributed by atoms with Crippen molar-refractivity contribution in [3.8, 4) is 11.5 Å². The van der Waals surface area contributed by atoms with Gasteiger partial charge in [-0.05, 0) is 43.0 Å². The molecule has 0 aliphatic carbocycles. The number of piperidine rings is 1. The fraction of sp³-hybridized carbons (Fsp3) is 0.600. The molecule has 0 spiro atoms. The third-order valence-electron chi connectivity index (χ3n) is 3.83. The minimum atomic E-state index is -0.512. The average molecular weight is 265 g/mol. The molecule has 2 N–H and O–H groups in total. The lowest BCUT2D eigenvalue weighted by Gasteiger charge is -2.32. The van der Waals surface area contributed by atoms with Gasteiger partial charge in [-0.1, -0.05) is 13.0 Å². The van der Waals surface area contributed by atoms with E-state index in [1.165, 1.54) is 6.42 Å². The van der Waals surface area contributed by atoms with E-state index >= 15 is 0 Å². The second-order valence-corrected chi connectivity index (χ2v) is 5.25. The van der Waals surface area contributed by atoms with E-state index in [2.05, 4.69) is 12.2 Å². The summed E-state index contributed by atoms with van der Waals surface area (Å²) in [4.78, 5) is 0. The van der Waals surface area contributed by atoms with Crippen molar-refractivity contribution in [3.05, 3.63) is 23.8 Å². The highest BCUT2D eigenvalue weighted by Gasteiger charge is 2.26. The number of hydrogen-bond donors (Lipinski definition) is 2. The van der Waals surface area contributed by atoms with E-state index in [1.54, 1.807) is 14.2 Å². The molecule has 4 heteroatoms. The molecule has 1 fully saturated rings. The van der Waals surface area contributed by atoms with E-state index in [0.29, 0.717) is 17.4 Å². The van der Waals surface area contributed by atoms with Crippen LogP contribution in [-0.2, 0) is 0 Å². The van der Waals surface area contributed by atoms with Crippen LogP contribution in [0.2, 0.25) is 0 Å². The zero-order chi connectivity index (χ0) is 13.8. The molecule has 3 unspecified atom stereocenters. The molecule has 1 heterocycles. The maximum atomic E-state index is 10.5. The molecule has 1 aliphatic rings. The van der Waals surface area contributed by atoms with Gasteiger partial charge in [0.05, 0.1) is 20.3 Å². The third-order valence-corrected chi connectivity index (χ3v) is 3.83. The topological polar surface area (TPSA) is 50.7 Å². The summed E-state index contributed by atoms with van der Waals surface area (Å²) in [6.07, 6.45) is 1.66. The Morgan fingerprint density at radius 3 is 2.63 bits per heavy atom. The Labute approximate surface area is 114 Å². The molecule has 19 heavy (non-hydrogen) atoms. The average Bonchev–Trinajstić information content (AvgIpc) is 2.45. The summed E-state index contributed by atoms with van der Waals surface area (Å²) in [5.41, 5.74) is 0.865. The number of nitrogens with one attached hydrogen (secondary N) is 1. The van der Waals surface area contributed by atoms with E-state index in [1.807, 2.05) is 18.2 Å². The summed E-state index contributed by atoms with van der Waals surface area (Å²) >= 11 is 0. The number of aliphatic hydroxyl groups is 1. The zero-order valence-corrected chi connectivity index (χ0v) is 11.8. The maximum absolute atomic E-state index is 10.5. The molecule has 3 atom stereocenters. The van der Waals surface area contributed by atoms with Crippen LogP contribution in [0, 0.1) is 5.92 Å². The summed E-state index contributed by atoms with van der Waals surface area (Å²) in [5, 5.41) is 13.9. The molecular formula is C15H23NO3. The van der Waals surface area contributed by atoms with Gasteiger partial charge in [0.1, 0.15) is 0 Å². The van der Waals surface area contributed by atoms with Gasteiger partial charge in [-0.15, -0.1) is 0 Å². The van der Waals surface area contributed by atoms with Gasteiger partial charge in [-0.3, -0.25) is 0 Å². The molecule has 0 bridgehead atoms. The zero-order valence-electron chi connectivity index (χ0n) is 11.8.